The first-order valence-corrected chi connectivity index (χ1v) is 8.61. The van der Waals surface area contributed by atoms with E-state index in [1.807, 2.05) is 12.1 Å². The van der Waals surface area contributed by atoms with E-state index in [4.69, 9.17) is 28.6 Å². The van der Waals surface area contributed by atoms with Crippen molar-refractivity contribution >= 4 is 46.0 Å². The summed E-state index contributed by atoms with van der Waals surface area (Å²) in [6, 6.07) is 10.6. The van der Waals surface area contributed by atoms with Crippen LogP contribution in [0.1, 0.15) is 5.56 Å². The molecule has 0 aliphatic heterocycles. The van der Waals surface area contributed by atoms with Gasteiger partial charge in [0.15, 0.2) is 17.3 Å². The fraction of sp³-hybridized carbons (Fsp3) is 0.0625. The van der Waals surface area contributed by atoms with E-state index in [0.717, 1.165) is 5.56 Å². The van der Waals surface area contributed by atoms with Gasteiger partial charge in [0.2, 0.25) is 4.77 Å². The average molecular weight is 440 g/mol. The molecule has 0 unspecified atom stereocenters. The summed E-state index contributed by atoms with van der Waals surface area (Å²) in [6.45, 7) is 0. The van der Waals surface area contributed by atoms with Gasteiger partial charge in [-0.15, -0.1) is 0 Å². The summed E-state index contributed by atoms with van der Waals surface area (Å²) in [5.41, 5.74) is 1.49. The van der Waals surface area contributed by atoms with Crippen LogP contribution in [0.5, 0.6) is 11.5 Å². The van der Waals surface area contributed by atoms with E-state index >= 15 is 0 Å². The van der Waals surface area contributed by atoms with Gasteiger partial charge in [0, 0.05) is 10.6 Å². The van der Waals surface area contributed by atoms with Gasteiger partial charge in [0.25, 0.3) is 0 Å². The first-order chi connectivity index (χ1) is 12.0. The number of H-pyrrole nitrogens is 1. The van der Waals surface area contributed by atoms with E-state index in [0.29, 0.717) is 31.4 Å². The predicted molar refractivity (Wildman–Crippen MR) is 103 cm³/mol. The van der Waals surface area contributed by atoms with E-state index in [2.05, 4.69) is 31.2 Å². The van der Waals surface area contributed by atoms with E-state index in [1.165, 1.54) is 11.8 Å². The summed E-state index contributed by atoms with van der Waals surface area (Å²) >= 11 is 14.6. The Hall–Kier alpha value is -2.16. The van der Waals surface area contributed by atoms with Crippen molar-refractivity contribution < 1.29 is 9.84 Å². The first-order valence-electron chi connectivity index (χ1n) is 7.04. The van der Waals surface area contributed by atoms with Crippen molar-refractivity contribution in [2.75, 3.05) is 7.11 Å². The molecule has 1 aromatic heterocycles. The van der Waals surface area contributed by atoms with Crippen LogP contribution >= 0.6 is 39.7 Å². The Bertz CT molecular complexity index is 1020. The number of rotatable bonds is 4. The number of halogens is 2. The van der Waals surface area contributed by atoms with Gasteiger partial charge in [-0.3, -0.25) is 0 Å². The van der Waals surface area contributed by atoms with E-state index in [-0.39, 0.29) is 5.75 Å². The molecule has 2 N–H and O–H groups in total. The topological polar surface area (TPSA) is 75.4 Å². The average Bonchev–Trinajstić information content (AvgIpc) is 2.96. The van der Waals surface area contributed by atoms with Gasteiger partial charge in [-0.05, 0) is 58.0 Å². The van der Waals surface area contributed by atoms with E-state index in [1.54, 1.807) is 30.5 Å². The summed E-state index contributed by atoms with van der Waals surface area (Å²) in [4.78, 5) is 0. The molecule has 0 bridgehead atoms. The maximum Gasteiger partial charge on any atom is 0.216 e. The Labute approximate surface area is 161 Å². The quantitative estimate of drug-likeness (QED) is 0.459. The normalized spacial score (nSPS) is 11.2. The molecule has 2 aromatic carbocycles. The van der Waals surface area contributed by atoms with Crippen molar-refractivity contribution in [3.63, 3.8) is 0 Å². The summed E-state index contributed by atoms with van der Waals surface area (Å²) < 4.78 is 7.47. The number of phenolic OH excluding ortho intramolecular Hbond substituents is 1. The Morgan fingerprint density at radius 2 is 2.20 bits per heavy atom. The Morgan fingerprint density at radius 3 is 2.92 bits per heavy atom. The number of phenols is 1. The highest BCUT2D eigenvalue weighted by Gasteiger charge is 2.10. The molecule has 0 spiro atoms. The number of ether oxygens (including phenoxy) is 1. The van der Waals surface area contributed by atoms with Crippen LogP contribution in [0.25, 0.3) is 11.4 Å². The highest BCUT2D eigenvalue weighted by atomic mass is 79.9. The number of benzene rings is 2. The van der Waals surface area contributed by atoms with Gasteiger partial charge >= 0.3 is 0 Å². The summed E-state index contributed by atoms with van der Waals surface area (Å²) in [6.07, 6.45) is 1.59. The largest absolute Gasteiger partial charge is 0.503 e. The van der Waals surface area contributed by atoms with Crippen molar-refractivity contribution in [1.82, 2.24) is 14.9 Å². The molecular formula is C16H12BrClN4O2S. The zero-order valence-corrected chi connectivity index (χ0v) is 16.1. The van der Waals surface area contributed by atoms with Crippen LogP contribution in [0.15, 0.2) is 46.0 Å². The molecule has 0 aliphatic rings. The zero-order valence-electron chi connectivity index (χ0n) is 12.9. The molecule has 128 valence electrons. The third-order valence-corrected chi connectivity index (χ3v) is 4.43. The second kappa shape index (κ2) is 7.38. The van der Waals surface area contributed by atoms with Crippen LogP contribution in [-0.2, 0) is 0 Å². The molecule has 0 atom stereocenters. The Morgan fingerprint density at radius 1 is 1.40 bits per heavy atom. The van der Waals surface area contributed by atoms with Gasteiger partial charge in [-0.1, -0.05) is 23.7 Å². The van der Waals surface area contributed by atoms with Crippen LogP contribution in [0.2, 0.25) is 5.02 Å². The highest BCUT2D eigenvalue weighted by Crippen LogP contribution is 2.34. The summed E-state index contributed by atoms with van der Waals surface area (Å²) in [5.74, 6) is 0.898. The van der Waals surface area contributed by atoms with Crippen LogP contribution < -0.4 is 4.74 Å². The third-order valence-electron chi connectivity index (χ3n) is 3.33. The number of methoxy groups -OCH3 is 1. The van der Waals surface area contributed by atoms with E-state index < -0.39 is 0 Å². The first kappa shape index (κ1) is 17.7. The van der Waals surface area contributed by atoms with Crippen molar-refractivity contribution in [2.24, 2.45) is 5.10 Å². The van der Waals surface area contributed by atoms with Crippen LogP contribution in [0.4, 0.5) is 0 Å². The lowest BCUT2D eigenvalue weighted by Gasteiger charge is -2.06. The second-order valence-electron chi connectivity index (χ2n) is 4.97. The molecule has 9 heteroatoms. The minimum Gasteiger partial charge on any atom is -0.503 e. The number of nitrogens with zero attached hydrogens (tertiary/aromatic N) is 3. The molecule has 0 saturated carbocycles. The molecular weight excluding hydrogens is 428 g/mol. The highest BCUT2D eigenvalue weighted by molar-refractivity contribution is 9.10. The van der Waals surface area contributed by atoms with Crippen molar-refractivity contribution in [3.05, 3.63) is 56.2 Å². The fourth-order valence-electron chi connectivity index (χ4n) is 2.16. The van der Waals surface area contributed by atoms with Gasteiger partial charge in [-0.25, -0.2) is 5.10 Å². The lowest BCUT2D eigenvalue weighted by molar-refractivity contribution is 0.372. The molecule has 0 fully saturated rings. The van der Waals surface area contributed by atoms with Crippen LogP contribution in [-0.4, -0.2) is 33.3 Å². The van der Waals surface area contributed by atoms with Crippen LogP contribution in [0.3, 0.4) is 0 Å². The van der Waals surface area contributed by atoms with Crippen molar-refractivity contribution in [1.29, 1.82) is 0 Å². The molecule has 0 amide bonds. The molecule has 0 radical (unpaired) electrons. The van der Waals surface area contributed by atoms with Gasteiger partial charge in [0.1, 0.15) is 0 Å². The number of aromatic hydroxyl groups is 1. The fourth-order valence-corrected chi connectivity index (χ4v) is 2.99. The monoisotopic (exact) mass is 438 g/mol. The number of hydrogen-bond acceptors (Lipinski definition) is 5. The van der Waals surface area contributed by atoms with Crippen molar-refractivity contribution in [2.45, 2.75) is 0 Å². The Balaban J connectivity index is 2.02. The van der Waals surface area contributed by atoms with Gasteiger partial charge in [0.05, 0.1) is 17.8 Å². The molecule has 0 aliphatic carbocycles. The second-order valence-corrected chi connectivity index (χ2v) is 6.65. The molecule has 3 aromatic rings. The lowest BCUT2D eigenvalue weighted by atomic mass is 10.2. The third kappa shape index (κ3) is 3.76. The molecule has 3 rings (SSSR count). The van der Waals surface area contributed by atoms with Gasteiger partial charge in [-0.2, -0.15) is 14.9 Å². The van der Waals surface area contributed by atoms with Gasteiger partial charge < -0.3 is 9.84 Å². The molecule has 25 heavy (non-hydrogen) atoms. The number of nitrogens with one attached hydrogen (secondary N) is 1. The minimum absolute atomic E-state index is 0.0270. The molecule has 0 saturated heterocycles. The zero-order chi connectivity index (χ0) is 18.0. The predicted octanol–water partition coefficient (Wildman–Crippen LogP) is 4.62. The molecule has 6 nitrogen and oxygen atoms in total. The summed E-state index contributed by atoms with van der Waals surface area (Å²) in [5, 5.41) is 21.8. The standard InChI is InChI=1S/C16H12BrClN4O2S/c1-24-13-6-9(5-12(17)14(13)23)8-19-22-15(20-21-16(22)25)10-3-2-4-11(18)7-10/h2-8,23H,1H3,(H,21,25). The Kier molecular flexibility index (Phi) is 5.22. The molecule has 1 heterocycles. The van der Waals surface area contributed by atoms with E-state index in [9.17, 15) is 5.11 Å². The SMILES string of the molecule is COc1cc(C=Nn2c(-c3cccc(Cl)c3)n[nH]c2=S)cc(Br)c1O. The number of hydrogen-bond donors (Lipinski definition) is 2. The maximum absolute atomic E-state index is 9.87. The summed E-state index contributed by atoms with van der Waals surface area (Å²) in [7, 11) is 1.48. The maximum atomic E-state index is 9.87. The number of aromatic nitrogens is 3. The van der Waals surface area contributed by atoms with Crippen molar-refractivity contribution in [3.8, 4) is 22.9 Å². The smallest absolute Gasteiger partial charge is 0.216 e. The van der Waals surface area contributed by atoms with Crippen LogP contribution in [0, 0.1) is 4.77 Å². The lowest BCUT2D eigenvalue weighted by Crippen LogP contribution is -1.96. The number of aromatic amines is 1. The minimum atomic E-state index is 0.0270.